The number of carbonyl (C=O) groups is 2. The van der Waals surface area contributed by atoms with E-state index < -0.39 is 0 Å². The highest BCUT2D eigenvalue weighted by atomic mass is 16.5. The quantitative estimate of drug-likeness (QED) is 0.453. The normalized spacial score (nSPS) is 14.0. The van der Waals surface area contributed by atoms with Crippen LogP contribution >= 0.6 is 0 Å². The van der Waals surface area contributed by atoms with Crippen LogP contribution in [0.1, 0.15) is 85.6 Å². The fraction of sp³-hybridized carbons (Fsp3) is 0.680. The molecule has 0 N–H and O–H groups in total. The summed E-state index contributed by atoms with van der Waals surface area (Å²) in [6, 6.07) is 10.8. The maximum atomic E-state index is 10.5. The summed E-state index contributed by atoms with van der Waals surface area (Å²) in [6.07, 6.45) is 4.30. The Kier molecular flexibility index (Phi) is 18.4. The molecular formula is C25H44O4. The van der Waals surface area contributed by atoms with Crippen molar-refractivity contribution in [3.8, 4) is 0 Å². The van der Waals surface area contributed by atoms with Crippen molar-refractivity contribution in [1.82, 2.24) is 0 Å². The van der Waals surface area contributed by atoms with Gasteiger partial charge in [0, 0.05) is 0 Å². The molecule has 4 unspecified atom stereocenters. The Hall–Kier alpha value is -1.84. The molecule has 4 heteroatoms. The summed E-state index contributed by atoms with van der Waals surface area (Å²) in [5.74, 6) is 1.42. The van der Waals surface area contributed by atoms with Gasteiger partial charge < -0.3 is 9.47 Å². The first kappa shape index (κ1) is 29.4. The summed E-state index contributed by atoms with van der Waals surface area (Å²) in [5, 5.41) is 0. The van der Waals surface area contributed by atoms with E-state index in [1.54, 1.807) is 0 Å². The molecule has 0 aliphatic carbocycles. The van der Waals surface area contributed by atoms with Crippen LogP contribution in [0.5, 0.6) is 0 Å². The highest BCUT2D eigenvalue weighted by Crippen LogP contribution is 2.24. The van der Waals surface area contributed by atoms with Crippen molar-refractivity contribution in [2.24, 2.45) is 17.8 Å². The zero-order valence-corrected chi connectivity index (χ0v) is 20.2. The van der Waals surface area contributed by atoms with Crippen LogP contribution in [0.3, 0.4) is 0 Å². The standard InChI is InChI=1S/C13H20.2C6H12O2/c1-4-11(2)10-12(3)13-8-6-5-7-9-13;2*1-4-5(2)6(7)8-3/h5-9,11-12H,4,10H2,1-3H3;2*5H,4H2,1-3H3. The number of carbonyl (C=O) groups excluding carboxylic acids is 2. The van der Waals surface area contributed by atoms with Crippen molar-refractivity contribution in [3.63, 3.8) is 0 Å². The van der Waals surface area contributed by atoms with Crippen molar-refractivity contribution < 1.29 is 19.1 Å². The molecule has 1 rings (SSSR count). The molecule has 29 heavy (non-hydrogen) atoms. The lowest BCUT2D eigenvalue weighted by atomic mass is 9.90. The Morgan fingerprint density at radius 1 is 0.759 bits per heavy atom. The van der Waals surface area contributed by atoms with E-state index in [2.05, 4.69) is 60.6 Å². The third kappa shape index (κ3) is 14.8. The van der Waals surface area contributed by atoms with Gasteiger partial charge in [0.2, 0.25) is 0 Å². The molecule has 4 nitrogen and oxygen atoms in total. The number of esters is 2. The maximum absolute atomic E-state index is 10.5. The third-order valence-corrected chi connectivity index (χ3v) is 5.25. The molecule has 168 valence electrons. The largest absolute Gasteiger partial charge is 0.469 e. The van der Waals surface area contributed by atoms with Crippen LogP contribution in [0.4, 0.5) is 0 Å². The second-order valence-electron chi connectivity index (χ2n) is 7.73. The molecule has 0 amide bonds. The smallest absolute Gasteiger partial charge is 0.308 e. The van der Waals surface area contributed by atoms with Crippen LogP contribution in [-0.4, -0.2) is 26.2 Å². The predicted octanol–water partition coefficient (Wildman–Crippen LogP) is 6.64. The van der Waals surface area contributed by atoms with Gasteiger partial charge in [0.25, 0.3) is 0 Å². The summed E-state index contributed by atoms with van der Waals surface area (Å²) >= 11 is 0. The van der Waals surface area contributed by atoms with E-state index in [1.165, 1.54) is 32.6 Å². The van der Waals surface area contributed by atoms with Gasteiger partial charge in [0.05, 0.1) is 26.1 Å². The molecule has 0 heterocycles. The van der Waals surface area contributed by atoms with Crippen LogP contribution in [0, 0.1) is 17.8 Å². The summed E-state index contributed by atoms with van der Waals surface area (Å²) < 4.78 is 8.93. The highest BCUT2D eigenvalue weighted by Gasteiger charge is 2.09. The van der Waals surface area contributed by atoms with Crippen molar-refractivity contribution in [1.29, 1.82) is 0 Å². The minimum absolute atomic E-state index is 0.0556. The van der Waals surface area contributed by atoms with Crippen LogP contribution in [-0.2, 0) is 19.1 Å². The van der Waals surface area contributed by atoms with Crippen LogP contribution < -0.4 is 0 Å². The van der Waals surface area contributed by atoms with Crippen molar-refractivity contribution in [3.05, 3.63) is 35.9 Å². The summed E-state index contributed by atoms with van der Waals surface area (Å²) in [4.78, 5) is 21.0. The van der Waals surface area contributed by atoms with E-state index in [0.717, 1.165) is 18.8 Å². The minimum atomic E-state index is -0.118. The lowest BCUT2D eigenvalue weighted by Crippen LogP contribution is -2.10. The fourth-order valence-electron chi connectivity index (χ4n) is 2.42. The van der Waals surface area contributed by atoms with Gasteiger partial charge in [-0.2, -0.15) is 0 Å². The molecule has 0 saturated heterocycles. The van der Waals surface area contributed by atoms with Gasteiger partial charge in [-0.1, -0.05) is 85.2 Å². The first-order valence-electron chi connectivity index (χ1n) is 10.9. The minimum Gasteiger partial charge on any atom is -0.469 e. The average molecular weight is 409 g/mol. The molecule has 0 saturated carbocycles. The number of ether oxygens (including phenoxy) is 2. The Balaban J connectivity index is 0. The molecule has 0 aliphatic heterocycles. The number of benzene rings is 1. The van der Waals surface area contributed by atoms with E-state index in [9.17, 15) is 9.59 Å². The maximum Gasteiger partial charge on any atom is 0.308 e. The second kappa shape index (κ2) is 18.2. The van der Waals surface area contributed by atoms with E-state index >= 15 is 0 Å². The van der Waals surface area contributed by atoms with Crippen molar-refractivity contribution in [2.75, 3.05) is 14.2 Å². The summed E-state index contributed by atoms with van der Waals surface area (Å²) in [7, 11) is 2.82. The van der Waals surface area contributed by atoms with Crippen LogP contribution in [0.2, 0.25) is 0 Å². The highest BCUT2D eigenvalue weighted by molar-refractivity contribution is 5.71. The molecule has 0 fully saturated rings. The van der Waals surface area contributed by atoms with Crippen molar-refractivity contribution in [2.45, 2.75) is 80.1 Å². The first-order valence-corrected chi connectivity index (χ1v) is 10.9. The molecular weight excluding hydrogens is 364 g/mol. The van der Waals surface area contributed by atoms with Gasteiger partial charge in [-0.15, -0.1) is 0 Å². The van der Waals surface area contributed by atoms with Crippen LogP contribution in [0.15, 0.2) is 30.3 Å². The average Bonchev–Trinajstić information content (AvgIpc) is 2.77. The molecule has 4 atom stereocenters. The first-order chi connectivity index (χ1) is 13.7. The number of methoxy groups -OCH3 is 2. The summed E-state index contributed by atoms with van der Waals surface area (Å²) in [5.41, 5.74) is 1.47. The molecule has 1 aromatic rings. The molecule has 0 bridgehead atoms. The number of rotatable bonds is 8. The summed E-state index contributed by atoms with van der Waals surface area (Å²) in [6.45, 7) is 14.5. The second-order valence-corrected chi connectivity index (χ2v) is 7.73. The van der Waals surface area contributed by atoms with Gasteiger partial charge in [-0.3, -0.25) is 9.59 Å². The van der Waals surface area contributed by atoms with Gasteiger partial charge in [0.15, 0.2) is 0 Å². The Morgan fingerprint density at radius 3 is 1.45 bits per heavy atom. The predicted molar refractivity (Wildman–Crippen MR) is 122 cm³/mol. The molecule has 0 aromatic heterocycles. The van der Waals surface area contributed by atoms with E-state index in [1.807, 2.05) is 27.7 Å². The fourth-order valence-corrected chi connectivity index (χ4v) is 2.42. The van der Waals surface area contributed by atoms with E-state index in [4.69, 9.17) is 0 Å². The Morgan fingerprint density at radius 2 is 1.17 bits per heavy atom. The van der Waals surface area contributed by atoms with Crippen LogP contribution in [0.25, 0.3) is 0 Å². The van der Waals surface area contributed by atoms with Crippen molar-refractivity contribution >= 4 is 11.9 Å². The topological polar surface area (TPSA) is 52.6 Å². The molecule has 0 radical (unpaired) electrons. The molecule has 1 aromatic carbocycles. The molecule has 0 spiro atoms. The number of hydrogen-bond acceptors (Lipinski definition) is 4. The lowest BCUT2D eigenvalue weighted by molar-refractivity contribution is -0.145. The zero-order valence-electron chi connectivity index (χ0n) is 20.2. The van der Waals surface area contributed by atoms with E-state index in [0.29, 0.717) is 5.92 Å². The van der Waals surface area contributed by atoms with Gasteiger partial charge >= 0.3 is 11.9 Å². The Labute approximate surface area is 179 Å². The lowest BCUT2D eigenvalue weighted by Gasteiger charge is -2.15. The third-order valence-electron chi connectivity index (χ3n) is 5.25. The SMILES string of the molecule is CCC(C)C(=O)OC.CCC(C)C(=O)OC.CCC(C)CC(C)c1ccccc1. The Bertz CT molecular complexity index is 505. The zero-order chi connectivity index (χ0) is 22.8. The van der Waals surface area contributed by atoms with E-state index in [-0.39, 0.29) is 23.8 Å². The monoisotopic (exact) mass is 408 g/mol. The van der Waals surface area contributed by atoms with Gasteiger partial charge in [-0.05, 0) is 36.7 Å². The number of hydrogen-bond donors (Lipinski definition) is 0. The molecule has 0 aliphatic rings. The van der Waals surface area contributed by atoms with Gasteiger partial charge in [0.1, 0.15) is 0 Å². The van der Waals surface area contributed by atoms with Gasteiger partial charge in [-0.25, -0.2) is 0 Å².